The molecule has 5 heteroatoms. The van der Waals surface area contributed by atoms with Gasteiger partial charge in [-0.1, -0.05) is 17.7 Å². The Kier molecular flexibility index (Phi) is 4.04. The molecule has 1 aliphatic heterocycles. The van der Waals surface area contributed by atoms with E-state index in [2.05, 4.69) is 10.6 Å². The van der Waals surface area contributed by atoms with Crippen LogP contribution in [0.3, 0.4) is 0 Å². The summed E-state index contributed by atoms with van der Waals surface area (Å²) in [5.74, 6) is 0.0469. The zero-order chi connectivity index (χ0) is 13.8. The zero-order valence-electron chi connectivity index (χ0n) is 11.3. The maximum Gasteiger partial charge on any atom is 0.315 e. The van der Waals surface area contributed by atoms with Gasteiger partial charge in [0.05, 0.1) is 6.04 Å². The van der Waals surface area contributed by atoms with Crippen molar-refractivity contribution in [3.63, 3.8) is 0 Å². The number of nitrogens with one attached hydrogen (secondary N) is 2. The molecular formula is C14H19N3O2. The minimum absolute atomic E-state index is 0.0469. The standard InChI is InChI=1S/C14H19N3O2/c1-3-15-14(19)16-11-8-13(18)17(9-11)12-6-4-10(2)5-7-12/h4-7,11H,3,8-9H2,1-2H3,(H2,15,16,19). The minimum atomic E-state index is -0.217. The third kappa shape index (κ3) is 3.24. The van der Waals surface area contributed by atoms with E-state index in [1.54, 1.807) is 4.90 Å². The Hall–Kier alpha value is -2.04. The molecule has 19 heavy (non-hydrogen) atoms. The number of benzene rings is 1. The molecule has 0 bridgehead atoms. The van der Waals surface area contributed by atoms with Crippen molar-refractivity contribution in [2.75, 3.05) is 18.0 Å². The van der Waals surface area contributed by atoms with Gasteiger partial charge in [-0.2, -0.15) is 0 Å². The van der Waals surface area contributed by atoms with Gasteiger partial charge in [0.2, 0.25) is 5.91 Å². The molecule has 1 unspecified atom stereocenters. The summed E-state index contributed by atoms with van der Waals surface area (Å²) >= 11 is 0. The van der Waals surface area contributed by atoms with Gasteiger partial charge < -0.3 is 15.5 Å². The van der Waals surface area contributed by atoms with Crippen LogP contribution in [-0.4, -0.2) is 31.1 Å². The molecule has 1 aromatic rings. The van der Waals surface area contributed by atoms with E-state index < -0.39 is 0 Å². The zero-order valence-corrected chi connectivity index (χ0v) is 11.3. The van der Waals surface area contributed by atoms with E-state index in [1.165, 1.54) is 0 Å². The number of urea groups is 1. The van der Waals surface area contributed by atoms with Crippen LogP contribution in [0.25, 0.3) is 0 Å². The molecule has 5 nitrogen and oxygen atoms in total. The minimum Gasteiger partial charge on any atom is -0.338 e. The third-order valence-corrected chi connectivity index (χ3v) is 3.14. The lowest BCUT2D eigenvalue weighted by Crippen LogP contribution is -2.43. The number of anilines is 1. The SMILES string of the molecule is CCNC(=O)NC1CC(=O)N(c2ccc(C)cc2)C1. The summed E-state index contributed by atoms with van der Waals surface area (Å²) in [5, 5.41) is 5.48. The summed E-state index contributed by atoms with van der Waals surface area (Å²) in [6, 6.07) is 7.48. The average molecular weight is 261 g/mol. The summed E-state index contributed by atoms with van der Waals surface area (Å²) in [4.78, 5) is 25.1. The largest absolute Gasteiger partial charge is 0.338 e. The highest BCUT2D eigenvalue weighted by molar-refractivity contribution is 5.96. The van der Waals surface area contributed by atoms with Crippen LogP contribution in [0.1, 0.15) is 18.9 Å². The van der Waals surface area contributed by atoms with E-state index in [1.807, 2.05) is 38.1 Å². The highest BCUT2D eigenvalue weighted by Crippen LogP contribution is 2.21. The maximum atomic E-state index is 12.0. The van der Waals surface area contributed by atoms with Gasteiger partial charge in [-0.25, -0.2) is 4.79 Å². The Morgan fingerprint density at radius 3 is 2.68 bits per heavy atom. The number of amides is 3. The second-order valence-corrected chi connectivity index (χ2v) is 4.74. The first-order valence-electron chi connectivity index (χ1n) is 6.51. The van der Waals surface area contributed by atoms with Gasteiger partial charge in [-0.3, -0.25) is 4.79 Å². The normalized spacial score (nSPS) is 18.5. The lowest BCUT2D eigenvalue weighted by atomic mass is 10.2. The first kappa shape index (κ1) is 13.4. The van der Waals surface area contributed by atoms with Crippen molar-refractivity contribution < 1.29 is 9.59 Å². The lowest BCUT2D eigenvalue weighted by Gasteiger charge is -2.17. The fourth-order valence-electron chi connectivity index (χ4n) is 2.18. The Labute approximate surface area is 113 Å². The van der Waals surface area contributed by atoms with E-state index in [0.29, 0.717) is 19.5 Å². The van der Waals surface area contributed by atoms with Crippen LogP contribution in [0.15, 0.2) is 24.3 Å². The first-order chi connectivity index (χ1) is 9.10. The second-order valence-electron chi connectivity index (χ2n) is 4.74. The first-order valence-corrected chi connectivity index (χ1v) is 6.51. The van der Waals surface area contributed by atoms with E-state index in [0.717, 1.165) is 11.3 Å². The topological polar surface area (TPSA) is 61.4 Å². The lowest BCUT2D eigenvalue weighted by molar-refractivity contribution is -0.117. The summed E-state index contributed by atoms with van der Waals surface area (Å²) < 4.78 is 0. The van der Waals surface area contributed by atoms with Crippen LogP contribution in [-0.2, 0) is 4.79 Å². The molecule has 1 fully saturated rings. The van der Waals surface area contributed by atoms with Crippen molar-refractivity contribution in [2.24, 2.45) is 0 Å². The van der Waals surface area contributed by atoms with Gasteiger partial charge in [-0.15, -0.1) is 0 Å². The number of hydrogen-bond acceptors (Lipinski definition) is 2. The molecule has 1 heterocycles. The quantitative estimate of drug-likeness (QED) is 0.864. The predicted molar refractivity (Wildman–Crippen MR) is 74.1 cm³/mol. The molecule has 2 rings (SSSR count). The van der Waals surface area contributed by atoms with E-state index in [4.69, 9.17) is 0 Å². The van der Waals surface area contributed by atoms with Crippen LogP contribution in [0.2, 0.25) is 0 Å². The molecule has 1 atom stereocenters. The van der Waals surface area contributed by atoms with Gasteiger partial charge in [0, 0.05) is 25.2 Å². The Morgan fingerprint density at radius 2 is 2.05 bits per heavy atom. The molecule has 102 valence electrons. The van der Waals surface area contributed by atoms with E-state index >= 15 is 0 Å². The number of carbonyl (C=O) groups excluding carboxylic acids is 2. The Balaban J connectivity index is 1.99. The predicted octanol–water partition coefficient (Wildman–Crippen LogP) is 1.42. The van der Waals surface area contributed by atoms with Gasteiger partial charge >= 0.3 is 6.03 Å². The highest BCUT2D eigenvalue weighted by Gasteiger charge is 2.31. The van der Waals surface area contributed by atoms with Crippen LogP contribution >= 0.6 is 0 Å². The summed E-state index contributed by atoms with van der Waals surface area (Å²) in [6.07, 6.45) is 0.352. The number of rotatable bonds is 3. The third-order valence-electron chi connectivity index (χ3n) is 3.14. The summed E-state index contributed by atoms with van der Waals surface area (Å²) in [6.45, 7) is 4.97. The number of aryl methyl sites for hydroxylation is 1. The van der Waals surface area contributed by atoms with Crippen LogP contribution in [0.4, 0.5) is 10.5 Å². The van der Waals surface area contributed by atoms with Crippen molar-refractivity contribution in [1.82, 2.24) is 10.6 Å². The molecule has 0 saturated carbocycles. The molecule has 0 aliphatic carbocycles. The number of carbonyl (C=O) groups is 2. The molecule has 1 aliphatic rings. The molecule has 2 N–H and O–H groups in total. The molecule has 1 aromatic carbocycles. The summed E-state index contributed by atoms with van der Waals surface area (Å²) in [7, 11) is 0. The van der Waals surface area contributed by atoms with Crippen LogP contribution < -0.4 is 15.5 Å². The molecule has 0 spiro atoms. The fraction of sp³-hybridized carbons (Fsp3) is 0.429. The number of hydrogen-bond donors (Lipinski definition) is 2. The second kappa shape index (κ2) is 5.73. The Morgan fingerprint density at radius 1 is 1.37 bits per heavy atom. The smallest absolute Gasteiger partial charge is 0.315 e. The maximum absolute atomic E-state index is 12.0. The van der Waals surface area contributed by atoms with Gasteiger partial charge in [0.1, 0.15) is 0 Å². The van der Waals surface area contributed by atoms with E-state index in [-0.39, 0.29) is 18.0 Å². The monoisotopic (exact) mass is 261 g/mol. The Bertz CT molecular complexity index is 470. The van der Waals surface area contributed by atoms with Crippen molar-refractivity contribution >= 4 is 17.6 Å². The molecule has 3 amide bonds. The van der Waals surface area contributed by atoms with Gasteiger partial charge in [-0.05, 0) is 26.0 Å². The van der Waals surface area contributed by atoms with Crippen molar-refractivity contribution in [2.45, 2.75) is 26.3 Å². The van der Waals surface area contributed by atoms with Crippen molar-refractivity contribution in [3.05, 3.63) is 29.8 Å². The van der Waals surface area contributed by atoms with Gasteiger partial charge in [0.25, 0.3) is 0 Å². The molecule has 1 saturated heterocycles. The van der Waals surface area contributed by atoms with Gasteiger partial charge in [0.15, 0.2) is 0 Å². The number of nitrogens with zero attached hydrogens (tertiary/aromatic N) is 1. The van der Waals surface area contributed by atoms with Crippen molar-refractivity contribution in [3.8, 4) is 0 Å². The average Bonchev–Trinajstić information content (AvgIpc) is 2.71. The van der Waals surface area contributed by atoms with Crippen LogP contribution in [0, 0.1) is 6.92 Å². The molecule has 0 aromatic heterocycles. The highest BCUT2D eigenvalue weighted by atomic mass is 16.2. The van der Waals surface area contributed by atoms with E-state index in [9.17, 15) is 9.59 Å². The van der Waals surface area contributed by atoms with Crippen molar-refractivity contribution in [1.29, 1.82) is 0 Å². The fourth-order valence-corrected chi connectivity index (χ4v) is 2.18. The summed E-state index contributed by atoms with van der Waals surface area (Å²) in [5.41, 5.74) is 2.04. The molecule has 0 radical (unpaired) electrons. The van der Waals surface area contributed by atoms with Crippen LogP contribution in [0.5, 0.6) is 0 Å². The molecular weight excluding hydrogens is 242 g/mol.